The van der Waals surface area contributed by atoms with E-state index in [0.717, 1.165) is 25.7 Å². The molecule has 1 atom stereocenters. The minimum absolute atomic E-state index is 0.0130. The summed E-state index contributed by atoms with van der Waals surface area (Å²) in [4.78, 5) is 27.3. The van der Waals surface area contributed by atoms with Crippen molar-refractivity contribution in [1.82, 2.24) is 4.90 Å². The smallest absolute Gasteiger partial charge is 0.231 e. The number of unbranched alkanes of at least 4 members (excludes halogenated alkanes) is 1. The normalized spacial score (nSPS) is 17.6. The third kappa shape index (κ3) is 4.73. The Morgan fingerprint density at radius 2 is 1.93 bits per heavy atom. The van der Waals surface area contributed by atoms with Crippen LogP contribution >= 0.6 is 0 Å². The van der Waals surface area contributed by atoms with Gasteiger partial charge >= 0.3 is 0 Å². The molecule has 0 aliphatic carbocycles. The maximum atomic E-state index is 12.7. The van der Waals surface area contributed by atoms with Gasteiger partial charge in [0.15, 0.2) is 11.5 Å². The van der Waals surface area contributed by atoms with E-state index >= 15 is 0 Å². The number of hydrogen-bond acceptors (Lipinski definition) is 4. The van der Waals surface area contributed by atoms with Crippen molar-refractivity contribution >= 4 is 17.5 Å². The SMILES string of the molecule is CCCCC(CC)C(=O)N1CCC(C(=O)Nc2ccc3c(c2)OCO3)CC1. The molecule has 2 aliphatic rings. The molecule has 6 nitrogen and oxygen atoms in total. The van der Waals surface area contributed by atoms with Gasteiger partial charge in [-0.1, -0.05) is 26.7 Å². The van der Waals surface area contributed by atoms with Gasteiger partial charge < -0.3 is 19.7 Å². The van der Waals surface area contributed by atoms with Crippen molar-refractivity contribution in [3.05, 3.63) is 18.2 Å². The first kappa shape index (κ1) is 19.5. The summed E-state index contributed by atoms with van der Waals surface area (Å²) in [5.74, 6) is 1.71. The monoisotopic (exact) mass is 374 g/mol. The third-order valence-electron chi connectivity index (χ3n) is 5.57. The molecule has 148 valence electrons. The number of rotatable bonds is 7. The van der Waals surface area contributed by atoms with Crippen LogP contribution < -0.4 is 14.8 Å². The molecule has 1 aromatic carbocycles. The van der Waals surface area contributed by atoms with Crippen LogP contribution in [0.25, 0.3) is 0 Å². The van der Waals surface area contributed by atoms with Gasteiger partial charge in [0.2, 0.25) is 18.6 Å². The molecule has 0 spiro atoms. The molecule has 0 bridgehead atoms. The number of amides is 2. The fourth-order valence-corrected chi connectivity index (χ4v) is 3.79. The molecule has 1 unspecified atom stereocenters. The zero-order valence-electron chi connectivity index (χ0n) is 16.3. The Labute approximate surface area is 161 Å². The summed E-state index contributed by atoms with van der Waals surface area (Å²) in [6, 6.07) is 5.42. The lowest BCUT2D eigenvalue weighted by Gasteiger charge is -2.33. The van der Waals surface area contributed by atoms with E-state index in [1.165, 1.54) is 0 Å². The summed E-state index contributed by atoms with van der Waals surface area (Å²) >= 11 is 0. The highest BCUT2D eigenvalue weighted by molar-refractivity contribution is 5.93. The summed E-state index contributed by atoms with van der Waals surface area (Å²) in [6.45, 7) is 5.79. The van der Waals surface area contributed by atoms with E-state index in [9.17, 15) is 9.59 Å². The molecule has 2 amide bonds. The summed E-state index contributed by atoms with van der Waals surface area (Å²) in [6.07, 6.45) is 5.50. The highest BCUT2D eigenvalue weighted by atomic mass is 16.7. The van der Waals surface area contributed by atoms with E-state index < -0.39 is 0 Å². The van der Waals surface area contributed by atoms with Crippen LogP contribution in [0.2, 0.25) is 0 Å². The molecule has 1 aromatic rings. The van der Waals surface area contributed by atoms with Crippen LogP contribution in [0.15, 0.2) is 18.2 Å². The van der Waals surface area contributed by atoms with Gasteiger partial charge in [0.1, 0.15) is 0 Å². The molecular formula is C21H30N2O4. The van der Waals surface area contributed by atoms with Crippen molar-refractivity contribution in [2.24, 2.45) is 11.8 Å². The Morgan fingerprint density at radius 1 is 1.19 bits per heavy atom. The quantitative estimate of drug-likeness (QED) is 0.788. The van der Waals surface area contributed by atoms with Crippen molar-refractivity contribution in [3.8, 4) is 11.5 Å². The van der Waals surface area contributed by atoms with E-state index in [4.69, 9.17) is 9.47 Å². The number of nitrogens with one attached hydrogen (secondary N) is 1. The van der Waals surface area contributed by atoms with Crippen LogP contribution in [0, 0.1) is 11.8 Å². The first-order valence-corrected chi connectivity index (χ1v) is 10.1. The van der Waals surface area contributed by atoms with Crippen LogP contribution in [0.3, 0.4) is 0 Å². The van der Waals surface area contributed by atoms with Crippen molar-refractivity contribution < 1.29 is 19.1 Å². The zero-order valence-corrected chi connectivity index (χ0v) is 16.3. The highest BCUT2D eigenvalue weighted by Crippen LogP contribution is 2.34. The lowest BCUT2D eigenvalue weighted by molar-refractivity contribution is -0.138. The predicted octanol–water partition coefficient (Wildman–Crippen LogP) is 3.81. The maximum Gasteiger partial charge on any atom is 0.231 e. The Balaban J connectivity index is 1.49. The molecule has 2 heterocycles. The molecule has 1 fully saturated rings. The first-order valence-electron chi connectivity index (χ1n) is 10.1. The van der Waals surface area contributed by atoms with E-state index in [0.29, 0.717) is 43.1 Å². The van der Waals surface area contributed by atoms with Gasteiger partial charge in [-0.3, -0.25) is 9.59 Å². The van der Waals surface area contributed by atoms with Gasteiger partial charge in [-0.25, -0.2) is 0 Å². The second-order valence-corrected chi connectivity index (χ2v) is 7.40. The van der Waals surface area contributed by atoms with Crippen LogP contribution in [-0.4, -0.2) is 36.6 Å². The van der Waals surface area contributed by atoms with Gasteiger partial charge in [-0.15, -0.1) is 0 Å². The summed E-state index contributed by atoms with van der Waals surface area (Å²) in [7, 11) is 0. The number of anilines is 1. The van der Waals surface area contributed by atoms with Gasteiger partial charge in [0.05, 0.1) is 0 Å². The lowest BCUT2D eigenvalue weighted by atomic mass is 9.92. The standard InChI is InChI=1S/C21H30N2O4/c1-3-5-6-15(4-2)21(25)23-11-9-16(10-12-23)20(24)22-17-7-8-18-19(13-17)27-14-26-18/h7-8,13,15-16H,3-6,9-12,14H2,1-2H3,(H,22,24). The number of ether oxygens (including phenoxy) is 2. The fraction of sp³-hybridized carbons (Fsp3) is 0.619. The Bertz CT molecular complexity index is 668. The molecule has 27 heavy (non-hydrogen) atoms. The second-order valence-electron chi connectivity index (χ2n) is 7.40. The van der Waals surface area contributed by atoms with Crippen LogP contribution in [0.4, 0.5) is 5.69 Å². The minimum atomic E-state index is -0.0600. The molecule has 0 saturated carbocycles. The number of benzene rings is 1. The molecule has 1 N–H and O–H groups in total. The lowest BCUT2D eigenvalue weighted by Crippen LogP contribution is -2.43. The number of nitrogens with zero attached hydrogens (tertiary/aromatic N) is 1. The van der Waals surface area contributed by atoms with Crippen LogP contribution in [-0.2, 0) is 9.59 Å². The fourth-order valence-electron chi connectivity index (χ4n) is 3.79. The van der Waals surface area contributed by atoms with E-state index in [-0.39, 0.29) is 30.4 Å². The zero-order chi connectivity index (χ0) is 19.2. The molecule has 3 rings (SSSR count). The van der Waals surface area contributed by atoms with Crippen molar-refractivity contribution in [1.29, 1.82) is 0 Å². The number of piperidine rings is 1. The molecule has 0 aromatic heterocycles. The van der Waals surface area contributed by atoms with Crippen LogP contribution in [0.5, 0.6) is 11.5 Å². The Hall–Kier alpha value is -2.24. The number of carbonyl (C=O) groups excluding carboxylic acids is 2. The van der Waals surface area contributed by atoms with Crippen molar-refractivity contribution in [2.75, 3.05) is 25.2 Å². The summed E-state index contributed by atoms with van der Waals surface area (Å²) in [5.41, 5.74) is 0.716. The van der Waals surface area contributed by atoms with Crippen molar-refractivity contribution in [3.63, 3.8) is 0 Å². The molecular weight excluding hydrogens is 344 g/mol. The number of fused-ring (bicyclic) bond motifs is 1. The summed E-state index contributed by atoms with van der Waals surface area (Å²) < 4.78 is 10.6. The van der Waals surface area contributed by atoms with Crippen LogP contribution in [0.1, 0.15) is 52.4 Å². The third-order valence-corrected chi connectivity index (χ3v) is 5.57. The van der Waals surface area contributed by atoms with Gasteiger partial charge in [0.25, 0.3) is 0 Å². The minimum Gasteiger partial charge on any atom is -0.454 e. The second kappa shape index (κ2) is 9.11. The molecule has 2 aliphatic heterocycles. The van der Waals surface area contributed by atoms with Gasteiger partial charge in [0, 0.05) is 36.7 Å². The van der Waals surface area contributed by atoms with E-state index in [1.807, 2.05) is 11.0 Å². The Kier molecular flexibility index (Phi) is 6.58. The Morgan fingerprint density at radius 3 is 2.63 bits per heavy atom. The van der Waals surface area contributed by atoms with Crippen molar-refractivity contribution in [2.45, 2.75) is 52.4 Å². The highest BCUT2D eigenvalue weighted by Gasteiger charge is 2.30. The number of carbonyl (C=O) groups is 2. The number of likely N-dealkylation sites (tertiary alicyclic amines) is 1. The topological polar surface area (TPSA) is 67.9 Å². The maximum absolute atomic E-state index is 12.7. The van der Waals surface area contributed by atoms with E-state index in [2.05, 4.69) is 19.2 Å². The summed E-state index contributed by atoms with van der Waals surface area (Å²) in [5, 5.41) is 2.97. The number of hydrogen-bond donors (Lipinski definition) is 1. The predicted molar refractivity (Wildman–Crippen MR) is 104 cm³/mol. The largest absolute Gasteiger partial charge is 0.454 e. The molecule has 1 saturated heterocycles. The van der Waals surface area contributed by atoms with Gasteiger partial charge in [-0.2, -0.15) is 0 Å². The molecule has 6 heteroatoms. The van der Waals surface area contributed by atoms with Gasteiger partial charge in [-0.05, 0) is 37.8 Å². The molecule has 0 radical (unpaired) electrons. The van der Waals surface area contributed by atoms with E-state index in [1.54, 1.807) is 12.1 Å². The average Bonchev–Trinajstić information content (AvgIpc) is 3.16. The first-order chi connectivity index (χ1) is 13.1. The average molecular weight is 374 g/mol.